The molecule has 1 saturated heterocycles. The summed E-state index contributed by atoms with van der Waals surface area (Å²) in [6.45, 7) is 4.56. The highest BCUT2D eigenvalue weighted by atomic mass is 32.1. The second kappa shape index (κ2) is 9.12. The molecule has 1 N–H and O–H groups in total. The lowest BCUT2D eigenvalue weighted by Crippen LogP contribution is -2.29. The highest BCUT2D eigenvalue weighted by Crippen LogP contribution is 2.46. The van der Waals surface area contributed by atoms with Crippen molar-refractivity contribution in [1.82, 2.24) is 14.9 Å². The van der Waals surface area contributed by atoms with Crippen molar-refractivity contribution in [3.8, 4) is 17.2 Å². The first kappa shape index (κ1) is 23.4. The van der Waals surface area contributed by atoms with Crippen LogP contribution in [0.1, 0.15) is 34.7 Å². The van der Waals surface area contributed by atoms with Crippen molar-refractivity contribution in [3.05, 3.63) is 95.6 Å². The lowest BCUT2D eigenvalue weighted by molar-refractivity contribution is 0.174. The van der Waals surface area contributed by atoms with Crippen LogP contribution in [0.25, 0.3) is 5.69 Å². The largest absolute Gasteiger partial charge is 0.454 e. The Morgan fingerprint density at radius 1 is 0.946 bits per heavy atom. The molecule has 2 aromatic heterocycles. The van der Waals surface area contributed by atoms with E-state index in [1.54, 1.807) is 0 Å². The van der Waals surface area contributed by atoms with Crippen molar-refractivity contribution in [2.24, 2.45) is 0 Å². The summed E-state index contributed by atoms with van der Waals surface area (Å²) in [6, 6.07) is 22.7. The number of benzene rings is 2. The van der Waals surface area contributed by atoms with Crippen LogP contribution in [-0.2, 0) is 0 Å². The van der Waals surface area contributed by atoms with Gasteiger partial charge in [0.1, 0.15) is 0 Å². The number of aromatic nitrogens is 2. The summed E-state index contributed by atoms with van der Waals surface area (Å²) in [7, 11) is 4.11. The predicted octanol–water partition coefficient (Wildman–Crippen LogP) is 5.46. The Kier molecular flexibility index (Phi) is 5.76. The first-order valence-corrected chi connectivity index (χ1v) is 12.7. The standard InChI is InChI=1S/C29H29N5O2S/c1-18-15-23(19(2)33(18)21-10-8-20(9-11-21)32(3)4)28-27(24-7-5-6-14-30-24)31-29(37)34(28)22-12-13-25-26(16-22)36-17-35-25/h5-16,27-28H,17H2,1-4H3,(H,31,37)/t27-,28+/m0/s1. The van der Waals surface area contributed by atoms with E-state index in [9.17, 15) is 0 Å². The molecular weight excluding hydrogens is 482 g/mol. The number of nitrogens with one attached hydrogen (secondary N) is 1. The molecule has 1 fully saturated rings. The molecule has 0 amide bonds. The molecule has 0 radical (unpaired) electrons. The predicted molar refractivity (Wildman–Crippen MR) is 150 cm³/mol. The van der Waals surface area contributed by atoms with Crippen LogP contribution in [0, 0.1) is 13.8 Å². The second-order valence-corrected chi connectivity index (χ2v) is 9.99. The van der Waals surface area contributed by atoms with E-state index in [1.165, 1.54) is 16.9 Å². The van der Waals surface area contributed by atoms with E-state index in [0.29, 0.717) is 5.11 Å². The molecule has 0 aliphatic carbocycles. The molecule has 2 atom stereocenters. The fourth-order valence-electron chi connectivity index (χ4n) is 5.37. The van der Waals surface area contributed by atoms with Gasteiger partial charge >= 0.3 is 0 Å². The molecule has 2 aliphatic rings. The molecule has 0 bridgehead atoms. The summed E-state index contributed by atoms with van der Waals surface area (Å²) in [4.78, 5) is 8.98. The summed E-state index contributed by atoms with van der Waals surface area (Å²) >= 11 is 5.92. The summed E-state index contributed by atoms with van der Waals surface area (Å²) in [5, 5.41) is 4.21. The van der Waals surface area contributed by atoms with Gasteiger partial charge in [-0.05, 0) is 86.2 Å². The van der Waals surface area contributed by atoms with E-state index in [0.717, 1.165) is 34.3 Å². The zero-order chi connectivity index (χ0) is 25.7. The van der Waals surface area contributed by atoms with Gasteiger partial charge in [-0.15, -0.1) is 0 Å². The third-order valence-corrected chi connectivity index (χ3v) is 7.46. The minimum Gasteiger partial charge on any atom is -0.454 e. The van der Waals surface area contributed by atoms with E-state index in [-0.39, 0.29) is 18.9 Å². The smallest absolute Gasteiger partial charge is 0.231 e. The van der Waals surface area contributed by atoms with Crippen LogP contribution in [0.15, 0.2) is 72.9 Å². The van der Waals surface area contributed by atoms with E-state index >= 15 is 0 Å². The van der Waals surface area contributed by atoms with Crippen LogP contribution in [0.2, 0.25) is 0 Å². The Morgan fingerprint density at radius 3 is 2.43 bits per heavy atom. The van der Waals surface area contributed by atoms with Crippen LogP contribution in [0.3, 0.4) is 0 Å². The monoisotopic (exact) mass is 511 g/mol. The molecule has 0 saturated carbocycles. The van der Waals surface area contributed by atoms with Crippen LogP contribution in [0.5, 0.6) is 11.5 Å². The van der Waals surface area contributed by atoms with Crippen molar-refractivity contribution in [3.63, 3.8) is 0 Å². The SMILES string of the molecule is Cc1cc([C@@H]2[C@H](c3ccccn3)NC(=S)N2c2ccc3c(c2)OCO3)c(C)n1-c1ccc(N(C)C)cc1. The Bertz CT molecular complexity index is 1470. The topological polar surface area (TPSA) is 54.8 Å². The molecule has 188 valence electrons. The number of fused-ring (bicyclic) bond motifs is 1. The van der Waals surface area contributed by atoms with E-state index in [4.69, 9.17) is 26.7 Å². The van der Waals surface area contributed by atoms with Gasteiger partial charge in [-0.2, -0.15) is 0 Å². The van der Waals surface area contributed by atoms with Gasteiger partial charge in [-0.3, -0.25) is 4.98 Å². The molecule has 4 aromatic rings. The van der Waals surface area contributed by atoms with E-state index in [2.05, 4.69) is 84.0 Å². The van der Waals surface area contributed by atoms with E-state index < -0.39 is 0 Å². The molecule has 2 aromatic carbocycles. The number of rotatable bonds is 5. The zero-order valence-electron chi connectivity index (χ0n) is 21.3. The molecular formula is C29H29N5O2S. The Labute approximate surface area is 222 Å². The van der Waals surface area contributed by atoms with Gasteiger partial charge < -0.3 is 29.2 Å². The summed E-state index contributed by atoms with van der Waals surface area (Å²) in [6.07, 6.45) is 1.83. The van der Waals surface area contributed by atoms with Crippen molar-refractivity contribution >= 4 is 28.7 Å². The van der Waals surface area contributed by atoms with Gasteiger partial charge in [-0.1, -0.05) is 6.07 Å². The second-order valence-electron chi connectivity index (χ2n) is 9.61. The van der Waals surface area contributed by atoms with Crippen molar-refractivity contribution in [2.75, 3.05) is 30.7 Å². The Hall–Kier alpha value is -4.04. The molecule has 4 heterocycles. The highest BCUT2D eigenvalue weighted by Gasteiger charge is 2.42. The van der Waals surface area contributed by atoms with Crippen LogP contribution < -0.4 is 24.6 Å². The summed E-state index contributed by atoms with van der Waals surface area (Å²) in [5.41, 5.74) is 7.70. The van der Waals surface area contributed by atoms with Crippen LogP contribution in [-0.4, -0.2) is 35.6 Å². The molecule has 0 spiro atoms. The number of anilines is 2. The maximum atomic E-state index is 5.92. The molecule has 6 rings (SSSR count). The molecule has 2 aliphatic heterocycles. The minimum absolute atomic E-state index is 0.108. The average molecular weight is 512 g/mol. The average Bonchev–Trinajstić information content (AvgIpc) is 3.59. The van der Waals surface area contributed by atoms with Crippen molar-refractivity contribution < 1.29 is 9.47 Å². The zero-order valence-corrected chi connectivity index (χ0v) is 22.1. The van der Waals surface area contributed by atoms with Crippen molar-refractivity contribution in [2.45, 2.75) is 25.9 Å². The summed E-state index contributed by atoms with van der Waals surface area (Å²) in [5.74, 6) is 1.48. The van der Waals surface area contributed by atoms with Gasteiger partial charge in [-0.25, -0.2) is 0 Å². The third-order valence-electron chi connectivity index (χ3n) is 7.15. The van der Waals surface area contributed by atoms with Crippen LogP contribution >= 0.6 is 12.2 Å². The van der Waals surface area contributed by atoms with Crippen LogP contribution in [0.4, 0.5) is 11.4 Å². The molecule has 0 unspecified atom stereocenters. The fourth-order valence-corrected chi connectivity index (χ4v) is 5.71. The normalized spacial score (nSPS) is 18.3. The number of thiocarbonyl (C=S) groups is 1. The number of hydrogen-bond donors (Lipinski definition) is 1. The van der Waals surface area contributed by atoms with Crippen molar-refractivity contribution in [1.29, 1.82) is 0 Å². The quantitative estimate of drug-likeness (QED) is 0.357. The maximum Gasteiger partial charge on any atom is 0.231 e. The lowest BCUT2D eigenvalue weighted by Gasteiger charge is -2.28. The van der Waals surface area contributed by atoms with Gasteiger partial charge in [0.05, 0.1) is 17.8 Å². The number of hydrogen-bond acceptors (Lipinski definition) is 5. The number of ether oxygens (including phenoxy) is 2. The molecule has 37 heavy (non-hydrogen) atoms. The lowest BCUT2D eigenvalue weighted by atomic mass is 9.96. The number of nitrogens with zero attached hydrogens (tertiary/aromatic N) is 4. The highest BCUT2D eigenvalue weighted by molar-refractivity contribution is 7.80. The number of pyridine rings is 1. The third kappa shape index (κ3) is 3.97. The summed E-state index contributed by atoms with van der Waals surface area (Å²) < 4.78 is 13.5. The maximum absolute atomic E-state index is 5.92. The fraction of sp³-hybridized carbons (Fsp3) is 0.241. The van der Waals surface area contributed by atoms with Gasteiger partial charge in [0.25, 0.3) is 0 Å². The number of aryl methyl sites for hydroxylation is 1. The van der Waals surface area contributed by atoms with Gasteiger partial charge in [0.15, 0.2) is 16.6 Å². The first-order valence-electron chi connectivity index (χ1n) is 12.3. The molecule has 7 nitrogen and oxygen atoms in total. The van der Waals surface area contributed by atoms with E-state index in [1.807, 2.05) is 36.5 Å². The van der Waals surface area contributed by atoms with Gasteiger partial charge in [0.2, 0.25) is 6.79 Å². The minimum atomic E-state index is -0.121. The first-order chi connectivity index (χ1) is 17.9. The Morgan fingerprint density at radius 2 is 1.70 bits per heavy atom. The molecule has 8 heteroatoms. The Balaban J connectivity index is 1.48. The van der Waals surface area contributed by atoms with Gasteiger partial charge in [0, 0.05) is 54.8 Å².